The fourth-order valence-electron chi connectivity index (χ4n) is 4.19. The Labute approximate surface area is 143 Å². The standard InChI is InChI=1S/C19H27FN2O2/c1-14(23)21-10-7-17(8-11-21)22-9-3-6-19(24)18(22)13-15-4-2-5-16(20)12-15/h2,4-5,12,17-19,24H,3,6-11,13H2,1H3/t18-,19-/m0/s1. The van der Waals surface area contributed by atoms with Crippen molar-refractivity contribution in [2.45, 2.75) is 57.2 Å². The molecule has 2 atom stereocenters. The van der Waals surface area contributed by atoms with Gasteiger partial charge in [-0.3, -0.25) is 9.69 Å². The Kier molecular flexibility index (Phi) is 5.51. The minimum absolute atomic E-state index is 0.0365. The summed E-state index contributed by atoms with van der Waals surface area (Å²) in [4.78, 5) is 15.8. The quantitative estimate of drug-likeness (QED) is 0.922. The number of rotatable bonds is 3. The largest absolute Gasteiger partial charge is 0.391 e. The molecule has 1 aromatic rings. The number of hydrogen-bond donors (Lipinski definition) is 1. The van der Waals surface area contributed by atoms with Crippen molar-refractivity contribution in [3.05, 3.63) is 35.6 Å². The summed E-state index contributed by atoms with van der Waals surface area (Å²) in [6.45, 7) is 4.18. The molecule has 1 amide bonds. The number of piperidine rings is 2. The van der Waals surface area contributed by atoms with E-state index in [2.05, 4.69) is 4.90 Å². The summed E-state index contributed by atoms with van der Waals surface area (Å²) in [5.41, 5.74) is 0.937. The first kappa shape index (κ1) is 17.4. The molecule has 24 heavy (non-hydrogen) atoms. The van der Waals surface area contributed by atoms with Crippen LogP contribution in [0.4, 0.5) is 4.39 Å². The maximum Gasteiger partial charge on any atom is 0.219 e. The third-order valence-electron chi connectivity index (χ3n) is 5.50. The minimum atomic E-state index is -0.368. The molecule has 1 N–H and O–H groups in total. The summed E-state index contributed by atoms with van der Waals surface area (Å²) in [7, 11) is 0. The number of aliphatic hydroxyl groups is 1. The molecule has 0 aliphatic carbocycles. The fourth-order valence-corrected chi connectivity index (χ4v) is 4.19. The number of benzene rings is 1. The Morgan fingerprint density at radius 2 is 2.00 bits per heavy atom. The average molecular weight is 334 g/mol. The van der Waals surface area contributed by atoms with Crippen molar-refractivity contribution in [3.8, 4) is 0 Å². The molecule has 5 heteroatoms. The van der Waals surface area contributed by atoms with Crippen LogP contribution in [0.1, 0.15) is 38.2 Å². The van der Waals surface area contributed by atoms with Crippen LogP contribution in [0, 0.1) is 5.82 Å². The predicted octanol–water partition coefficient (Wildman–Crippen LogP) is 2.20. The Bertz CT molecular complexity index is 572. The Morgan fingerprint density at radius 1 is 1.25 bits per heavy atom. The molecule has 4 nitrogen and oxygen atoms in total. The number of carbonyl (C=O) groups excluding carboxylic acids is 1. The number of hydrogen-bond acceptors (Lipinski definition) is 3. The van der Waals surface area contributed by atoms with Gasteiger partial charge in [0.05, 0.1) is 6.10 Å². The van der Waals surface area contributed by atoms with Gasteiger partial charge in [-0.25, -0.2) is 4.39 Å². The van der Waals surface area contributed by atoms with E-state index in [9.17, 15) is 14.3 Å². The van der Waals surface area contributed by atoms with Gasteiger partial charge in [0.2, 0.25) is 5.91 Å². The van der Waals surface area contributed by atoms with Crippen LogP contribution < -0.4 is 0 Å². The molecule has 2 aliphatic heterocycles. The van der Waals surface area contributed by atoms with E-state index in [1.165, 1.54) is 6.07 Å². The maximum absolute atomic E-state index is 13.5. The van der Waals surface area contributed by atoms with Crippen LogP contribution in [-0.4, -0.2) is 58.6 Å². The zero-order valence-corrected chi connectivity index (χ0v) is 14.3. The molecule has 2 fully saturated rings. The summed E-state index contributed by atoms with van der Waals surface area (Å²) in [5.74, 6) is -0.0810. The van der Waals surface area contributed by atoms with Gasteiger partial charge >= 0.3 is 0 Å². The first-order valence-corrected chi connectivity index (χ1v) is 8.98. The Morgan fingerprint density at radius 3 is 2.67 bits per heavy atom. The first-order chi connectivity index (χ1) is 11.5. The number of likely N-dealkylation sites (tertiary alicyclic amines) is 2. The maximum atomic E-state index is 13.5. The molecule has 2 aliphatic rings. The van der Waals surface area contributed by atoms with Crippen molar-refractivity contribution < 1.29 is 14.3 Å². The number of aliphatic hydroxyl groups excluding tert-OH is 1. The predicted molar refractivity (Wildman–Crippen MR) is 91.1 cm³/mol. The van der Waals surface area contributed by atoms with Crippen molar-refractivity contribution in [1.29, 1.82) is 0 Å². The lowest BCUT2D eigenvalue weighted by Gasteiger charge is -2.46. The second kappa shape index (κ2) is 7.62. The molecule has 0 unspecified atom stereocenters. The molecular formula is C19H27FN2O2. The lowest BCUT2D eigenvalue weighted by molar-refractivity contribution is -0.131. The summed E-state index contributed by atoms with van der Waals surface area (Å²) >= 11 is 0. The second-order valence-corrected chi connectivity index (χ2v) is 7.09. The Balaban J connectivity index is 1.69. The molecule has 2 heterocycles. The van der Waals surface area contributed by atoms with Gasteiger partial charge in [0.15, 0.2) is 0 Å². The lowest BCUT2D eigenvalue weighted by Crippen LogP contribution is -2.56. The van der Waals surface area contributed by atoms with Gasteiger partial charge in [0.25, 0.3) is 0 Å². The van der Waals surface area contributed by atoms with Gasteiger partial charge in [-0.05, 0) is 56.3 Å². The van der Waals surface area contributed by atoms with Crippen molar-refractivity contribution in [2.24, 2.45) is 0 Å². The van der Waals surface area contributed by atoms with E-state index < -0.39 is 0 Å². The topological polar surface area (TPSA) is 43.8 Å². The molecule has 0 aromatic heterocycles. The van der Waals surface area contributed by atoms with Crippen LogP contribution in [0.2, 0.25) is 0 Å². The number of carbonyl (C=O) groups is 1. The van der Waals surface area contributed by atoms with Crippen LogP contribution in [0.15, 0.2) is 24.3 Å². The summed E-state index contributed by atoms with van der Waals surface area (Å²) in [5, 5.41) is 10.5. The van der Waals surface area contributed by atoms with Crippen LogP contribution in [-0.2, 0) is 11.2 Å². The van der Waals surface area contributed by atoms with Crippen LogP contribution >= 0.6 is 0 Å². The molecular weight excluding hydrogens is 307 g/mol. The van der Waals surface area contributed by atoms with E-state index in [4.69, 9.17) is 0 Å². The molecule has 2 saturated heterocycles. The highest BCUT2D eigenvalue weighted by Gasteiger charge is 2.36. The van der Waals surface area contributed by atoms with Gasteiger partial charge in [0.1, 0.15) is 5.82 Å². The van der Waals surface area contributed by atoms with Crippen LogP contribution in [0.3, 0.4) is 0 Å². The van der Waals surface area contributed by atoms with E-state index in [-0.39, 0.29) is 23.9 Å². The van der Waals surface area contributed by atoms with Crippen molar-refractivity contribution in [3.63, 3.8) is 0 Å². The van der Waals surface area contributed by atoms with Gasteiger partial charge in [-0.2, -0.15) is 0 Å². The Hall–Kier alpha value is -1.46. The summed E-state index contributed by atoms with van der Waals surface area (Å²) < 4.78 is 13.5. The van der Waals surface area contributed by atoms with E-state index in [0.717, 1.165) is 50.9 Å². The third-order valence-corrected chi connectivity index (χ3v) is 5.50. The molecule has 0 bridgehead atoms. The molecule has 3 rings (SSSR count). The monoisotopic (exact) mass is 334 g/mol. The van der Waals surface area contributed by atoms with Crippen molar-refractivity contribution in [2.75, 3.05) is 19.6 Å². The number of nitrogens with zero attached hydrogens (tertiary/aromatic N) is 2. The van der Waals surface area contributed by atoms with Gasteiger partial charge in [0, 0.05) is 32.1 Å². The van der Waals surface area contributed by atoms with Crippen LogP contribution in [0.25, 0.3) is 0 Å². The number of amides is 1. The summed E-state index contributed by atoms with van der Waals surface area (Å²) in [6, 6.07) is 7.12. The molecule has 132 valence electrons. The molecule has 0 saturated carbocycles. The molecule has 0 radical (unpaired) electrons. The smallest absolute Gasteiger partial charge is 0.219 e. The molecule has 1 aromatic carbocycles. The SMILES string of the molecule is CC(=O)N1CCC(N2CCC[C@H](O)[C@@H]2Cc2cccc(F)c2)CC1. The highest BCUT2D eigenvalue weighted by Crippen LogP contribution is 2.28. The number of halogens is 1. The average Bonchev–Trinajstić information content (AvgIpc) is 2.57. The van der Waals surface area contributed by atoms with E-state index >= 15 is 0 Å². The molecule has 0 spiro atoms. The summed E-state index contributed by atoms with van der Waals surface area (Å²) in [6.07, 6.45) is 4.01. The van der Waals surface area contributed by atoms with Gasteiger partial charge in [-0.1, -0.05) is 12.1 Å². The van der Waals surface area contributed by atoms with Crippen molar-refractivity contribution >= 4 is 5.91 Å². The second-order valence-electron chi connectivity index (χ2n) is 7.09. The van der Waals surface area contributed by atoms with E-state index in [1.54, 1.807) is 19.1 Å². The highest BCUT2D eigenvalue weighted by molar-refractivity contribution is 5.73. The fraction of sp³-hybridized carbons (Fsp3) is 0.632. The lowest BCUT2D eigenvalue weighted by atomic mass is 9.89. The normalized spacial score (nSPS) is 26.5. The van der Waals surface area contributed by atoms with E-state index in [1.807, 2.05) is 11.0 Å². The van der Waals surface area contributed by atoms with Gasteiger partial charge < -0.3 is 10.0 Å². The van der Waals surface area contributed by atoms with Crippen LogP contribution in [0.5, 0.6) is 0 Å². The third kappa shape index (κ3) is 3.95. The highest BCUT2D eigenvalue weighted by atomic mass is 19.1. The van der Waals surface area contributed by atoms with Gasteiger partial charge in [-0.15, -0.1) is 0 Å². The zero-order valence-electron chi connectivity index (χ0n) is 14.3. The van der Waals surface area contributed by atoms with Crippen molar-refractivity contribution in [1.82, 2.24) is 9.80 Å². The zero-order chi connectivity index (χ0) is 17.1. The minimum Gasteiger partial charge on any atom is -0.391 e. The van der Waals surface area contributed by atoms with E-state index in [0.29, 0.717) is 12.5 Å². The first-order valence-electron chi connectivity index (χ1n) is 8.98.